The van der Waals surface area contributed by atoms with Crippen molar-refractivity contribution in [3.05, 3.63) is 89.6 Å². The van der Waals surface area contributed by atoms with Crippen LogP contribution in [0.25, 0.3) is 23.1 Å². The molecule has 0 aliphatic carbocycles. The molecule has 0 radical (unpaired) electrons. The summed E-state index contributed by atoms with van der Waals surface area (Å²) in [4.78, 5) is 6.39. The van der Waals surface area contributed by atoms with Crippen molar-refractivity contribution in [2.45, 2.75) is 18.2 Å². The fourth-order valence-electron chi connectivity index (χ4n) is 3.86. The lowest BCUT2D eigenvalue weighted by Crippen LogP contribution is -1.96. The van der Waals surface area contributed by atoms with E-state index in [1.54, 1.807) is 0 Å². The second kappa shape index (κ2) is 8.86. The predicted octanol–water partition coefficient (Wildman–Crippen LogP) is 7.24. The Bertz CT molecular complexity index is 1250. The Morgan fingerprint density at radius 3 is 2.58 bits per heavy atom. The Balaban J connectivity index is 1.60. The molecule has 0 bridgehead atoms. The quantitative estimate of drug-likeness (QED) is 0.326. The van der Waals surface area contributed by atoms with Crippen molar-refractivity contribution in [1.29, 1.82) is 0 Å². The molecule has 31 heavy (non-hydrogen) atoms. The van der Waals surface area contributed by atoms with E-state index < -0.39 is 0 Å². The third-order valence-corrected chi connectivity index (χ3v) is 6.43. The van der Waals surface area contributed by atoms with Gasteiger partial charge < -0.3 is 9.47 Å². The van der Waals surface area contributed by atoms with Crippen LogP contribution < -0.4 is 9.47 Å². The maximum atomic E-state index is 6.20. The monoisotopic (exact) mass is 425 g/mol. The zero-order valence-electron chi connectivity index (χ0n) is 17.4. The van der Waals surface area contributed by atoms with Crippen LogP contribution in [0.1, 0.15) is 23.7 Å². The number of aromatic nitrogens is 1. The zero-order chi connectivity index (χ0) is 21.0. The fraction of sp³-hybridized carbons (Fsp3) is 0.148. The molecule has 1 aliphatic heterocycles. The van der Waals surface area contributed by atoms with E-state index in [0.717, 1.165) is 51.6 Å². The predicted molar refractivity (Wildman–Crippen MR) is 129 cm³/mol. The number of benzene rings is 3. The molecular weight excluding hydrogens is 402 g/mol. The van der Waals surface area contributed by atoms with E-state index in [9.17, 15) is 0 Å². The van der Waals surface area contributed by atoms with Crippen LogP contribution in [0, 0.1) is 0 Å². The maximum absolute atomic E-state index is 6.20. The molecule has 4 aromatic rings. The van der Waals surface area contributed by atoms with Gasteiger partial charge in [-0.25, -0.2) is 4.98 Å². The Morgan fingerprint density at radius 2 is 1.71 bits per heavy atom. The van der Waals surface area contributed by atoms with Crippen molar-refractivity contribution in [2.24, 2.45) is 0 Å². The van der Waals surface area contributed by atoms with E-state index in [2.05, 4.69) is 30.4 Å². The van der Waals surface area contributed by atoms with Crippen LogP contribution in [0.5, 0.6) is 17.2 Å². The zero-order valence-corrected chi connectivity index (χ0v) is 18.2. The molecule has 154 valence electrons. The summed E-state index contributed by atoms with van der Waals surface area (Å²) in [6.07, 6.45) is 5.24. The molecule has 3 aromatic carbocycles. The standard InChI is InChI=1S/C27H23NO2S/c1-2-29-24-13-7-6-9-19(24)15-16-23-21-17-18-31-27(21)22-12-8-14-25(26(22)28-23)30-20-10-4-3-5-11-20/h3-16H,2,17-18H2,1H3. The van der Waals surface area contributed by atoms with Gasteiger partial charge in [-0.05, 0) is 55.3 Å². The summed E-state index contributed by atoms with van der Waals surface area (Å²) in [5.74, 6) is 3.56. The molecule has 0 saturated heterocycles. The van der Waals surface area contributed by atoms with Gasteiger partial charge in [-0.1, -0.05) is 48.5 Å². The molecule has 0 spiro atoms. The van der Waals surface area contributed by atoms with Crippen LogP contribution in [0.15, 0.2) is 77.7 Å². The highest BCUT2D eigenvalue weighted by atomic mass is 32.2. The van der Waals surface area contributed by atoms with Crippen molar-refractivity contribution in [3.63, 3.8) is 0 Å². The van der Waals surface area contributed by atoms with Gasteiger partial charge in [-0.15, -0.1) is 11.8 Å². The molecule has 0 fully saturated rings. The Labute approximate surface area is 186 Å². The molecule has 2 heterocycles. The van der Waals surface area contributed by atoms with Crippen LogP contribution in [0.3, 0.4) is 0 Å². The minimum atomic E-state index is 0.644. The lowest BCUT2D eigenvalue weighted by atomic mass is 10.0. The number of fused-ring (bicyclic) bond motifs is 3. The van der Waals surface area contributed by atoms with Crippen LogP contribution in [-0.4, -0.2) is 17.3 Å². The van der Waals surface area contributed by atoms with Gasteiger partial charge in [0.15, 0.2) is 5.75 Å². The summed E-state index contributed by atoms with van der Waals surface area (Å²) in [6.45, 7) is 2.65. The minimum absolute atomic E-state index is 0.644. The number of hydrogen-bond acceptors (Lipinski definition) is 4. The number of para-hydroxylation sites is 3. The molecular formula is C27H23NO2S. The van der Waals surface area contributed by atoms with E-state index in [0.29, 0.717) is 6.61 Å². The summed E-state index contributed by atoms with van der Waals surface area (Å²) >= 11 is 1.91. The summed E-state index contributed by atoms with van der Waals surface area (Å²) < 4.78 is 12.0. The number of hydrogen-bond donors (Lipinski definition) is 0. The van der Waals surface area contributed by atoms with Crippen LogP contribution in [0.4, 0.5) is 0 Å². The molecule has 0 unspecified atom stereocenters. The third kappa shape index (κ3) is 4.04. The van der Waals surface area contributed by atoms with Crippen molar-refractivity contribution in [1.82, 2.24) is 4.98 Å². The van der Waals surface area contributed by atoms with Gasteiger partial charge in [0.25, 0.3) is 0 Å². The Kier molecular flexibility index (Phi) is 5.63. The SMILES string of the molecule is CCOc1ccccc1C=Cc1nc2c(Oc3ccccc3)cccc2c2c1CCS2. The third-order valence-electron chi connectivity index (χ3n) is 5.27. The number of pyridine rings is 1. The average Bonchev–Trinajstić information content (AvgIpc) is 3.30. The molecule has 0 atom stereocenters. The van der Waals surface area contributed by atoms with Crippen molar-refractivity contribution < 1.29 is 9.47 Å². The van der Waals surface area contributed by atoms with Crippen molar-refractivity contribution in [3.8, 4) is 17.2 Å². The molecule has 1 aromatic heterocycles. The summed E-state index contributed by atoms with van der Waals surface area (Å²) in [6, 6.07) is 24.2. The Hall–Kier alpha value is -3.24. The molecule has 0 N–H and O–H groups in total. The second-order valence-electron chi connectivity index (χ2n) is 7.27. The van der Waals surface area contributed by atoms with Gasteiger partial charge in [0.1, 0.15) is 17.0 Å². The first-order valence-corrected chi connectivity index (χ1v) is 11.5. The van der Waals surface area contributed by atoms with Gasteiger partial charge in [-0.3, -0.25) is 0 Å². The van der Waals surface area contributed by atoms with Crippen LogP contribution in [-0.2, 0) is 6.42 Å². The highest BCUT2D eigenvalue weighted by Crippen LogP contribution is 2.42. The van der Waals surface area contributed by atoms with E-state index >= 15 is 0 Å². The normalized spacial score (nSPS) is 12.9. The van der Waals surface area contributed by atoms with E-state index in [1.807, 2.05) is 73.3 Å². The van der Waals surface area contributed by atoms with Crippen LogP contribution >= 0.6 is 11.8 Å². The first-order valence-electron chi connectivity index (χ1n) is 10.5. The first kappa shape index (κ1) is 19.7. The number of nitrogens with zero attached hydrogens (tertiary/aromatic N) is 1. The van der Waals surface area contributed by atoms with Gasteiger partial charge in [-0.2, -0.15) is 0 Å². The molecule has 0 saturated carbocycles. The summed E-state index contributed by atoms with van der Waals surface area (Å²) in [5.41, 5.74) is 4.28. The first-order chi connectivity index (χ1) is 15.3. The van der Waals surface area contributed by atoms with E-state index in [-0.39, 0.29) is 0 Å². The minimum Gasteiger partial charge on any atom is -0.493 e. The topological polar surface area (TPSA) is 31.4 Å². The number of thioether (sulfide) groups is 1. The maximum Gasteiger partial charge on any atom is 0.153 e. The van der Waals surface area contributed by atoms with Gasteiger partial charge in [0, 0.05) is 21.6 Å². The molecule has 4 heteroatoms. The molecule has 1 aliphatic rings. The lowest BCUT2D eigenvalue weighted by molar-refractivity contribution is 0.339. The summed E-state index contributed by atoms with van der Waals surface area (Å²) in [5, 5.41) is 1.16. The number of ether oxygens (including phenoxy) is 2. The van der Waals surface area contributed by atoms with Gasteiger partial charge in [0.05, 0.1) is 12.3 Å². The number of rotatable bonds is 6. The van der Waals surface area contributed by atoms with E-state index in [4.69, 9.17) is 14.5 Å². The smallest absolute Gasteiger partial charge is 0.153 e. The highest BCUT2D eigenvalue weighted by molar-refractivity contribution is 7.99. The molecule has 3 nitrogen and oxygen atoms in total. The van der Waals surface area contributed by atoms with Gasteiger partial charge in [0.2, 0.25) is 0 Å². The lowest BCUT2D eigenvalue weighted by Gasteiger charge is -2.13. The van der Waals surface area contributed by atoms with Gasteiger partial charge >= 0.3 is 0 Å². The van der Waals surface area contributed by atoms with Crippen LogP contribution in [0.2, 0.25) is 0 Å². The van der Waals surface area contributed by atoms with Crippen molar-refractivity contribution >= 4 is 34.8 Å². The highest BCUT2D eigenvalue weighted by Gasteiger charge is 2.21. The molecule has 0 amide bonds. The van der Waals surface area contributed by atoms with Crippen molar-refractivity contribution in [2.75, 3.05) is 12.4 Å². The second-order valence-corrected chi connectivity index (χ2v) is 8.38. The Morgan fingerprint density at radius 1 is 0.903 bits per heavy atom. The average molecular weight is 426 g/mol. The fourth-order valence-corrected chi connectivity index (χ4v) is 5.07. The van der Waals surface area contributed by atoms with E-state index in [1.165, 1.54) is 10.5 Å². The largest absolute Gasteiger partial charge is 0.493 e. The molecule has 5 rings (SSSR count). The summed E-state index contributed by atoms with van der Waals surface area (Å²) in [7, 11) is 0.